The maximum Gasteiger partial charge on any atom is 0.264 e. The van der Waals surface area contributed by atoms with Crippen LogP contribution in [0.5, 0.6) is 0 Å². The van der Waals surface area contributed by atoms with E-state index >= 15 is 0 Å². The quantitative estimate of drug-likeness (QED) is 0.940. The lowest BCUT2D eigenvalue weighted by Gasteiger charge is -2.03. The van der Waals surface area contributed by atoms with E-state index in [-0.39, 0.29) is 11.1 Å². The van der Waals surface area contributed by atoms with Crippen LogP contribution in [0.1, 0.15) is 15.2 Å². The number of hydrogen-bond acceptors (Lipinski definition) is 3. The van der Waals surface area contributed by atoms with Crippen molar-refractivity contribution < 1.29 is 4.79 Å². The SMILES string of the molecule is O=C(NCc1ccc(Cl)cc1)c1scnc1Cl. The molecule has 0 unspecified atom stereocenters. The number of amides is 1. The Balaban J connectivity index is 1.97. The summed E-state index contributed by atoms with van der Waals surface area (Å²) in [6, 6.07) is 7.28. The van der Waals surface area contributed by atoms with E-state index in [0.717, 1.165) is 5.56 Å². The lowest BCUT2D eigenvalue weighted by Crippen LogP contribution is -2.22. The van der Waals surface area contributed by atoms with Crippen molar-refractivity contribution in [2.75, 3.05) is 0 Å². The van der Waals surface area contributed by atoms with Gasteiger partial charge in [0.15, 0.2) is 5.15 Å². The third-order valence-corrected chi connectivity index (χ3v) is 3.57. The normalized spacial score (nSPS) is 10.2. The Hall–Kier alpha value is -1.10. The van der Waals surface area contributed by atoms with Crippen molar-refractivity contribution in [2.45, 2.75) is 6.54 Å². The average molecular weight is 287 g/mol. The zero-order chi connectivity index (χ0) is 12.3. The van der Waals surface area contributed by atoms with Gasteiger partial charge in [-0.05, 0) is 17.7 Å². The van der Waals surface area contributed by atoms with Crippen LogP contribution in [-0.2, 0) is 6.54 Å². The first-order valence-electron chi connectivity index (χ1n) is 4.78. The summed E-state index contributed by atoms with van der Waals surface area (Å²) in [5.41, 5.74) is 2.52. The van der Waals surface area contributed by atoms with Crippen molar-refractivity contribution in [3.05, 3.63) is 50.4 Å². The van der Waals surface area contributed by atoms with Gasteiger partial charge in [-0.3, -0.25) is 4.79 Å². The molecule has 0 aliphatic carbocycles. The summed E-state index contributed by atoms with van der Waals surface area (Å²) in [7, 11) is 0. The molecule has 1 heterocycles. The standard InChI is InChI=1S/C11H8Cl2N2OS/c12-8-3-1-7(2-4-8)5-14-11(16)9-10(13)15-6-17-9/h1-4,6H,5H2,(H,14,16). The summed E-state index contributed by atoms with van der Waals surface area (Å²) in [5.74, 6) is -0.215. The molecule has 2 rings (SSSR count). The average Bonchev–Trinajstić information content (AvgIpc) is 2.74. The Morgan fingerprint density at radius 1 is 1.29 bits per heavy atom. The summed E-state index contributed by atoms with van der Waals surface area (Å²) in [6.45, 7) is 0.435. The molecule has 88 valence electrons. The van der Waals surface area contributed by atoms with Crippen LogP contribution in [-0.4, -0.2) is 10.9 Å². The molecule has 0 spiro atoms. The first-order valence-corrected chi connectivity index (χ1v) is 6.42. The van der Waals surface area contributed by atoms with Crippen LogP contribution in [0.25, 0.3) is 0 Å². The lowest BCUT2D eigenvalue weighted by atomic mass is 10.2. The number of halogens is 2. The van der Waals surface area contributed by atoms with Crippen LogP contribution in [0.2, 0.25) is 10.2 Å². The molecule has 0 saturated heterocycles. The molecule has 3 nitrogen and oxygen atoms in total. The molecule has 2 aromatic rings. The Bertz CT molecular complexity index is 525. The monoisotopic (exact) mass is 286 g/mol. The van der Waals surface area contributed by atoms with E-state index in [1.54, 1.807) is 17.6 Å². The summed E-state index contributed by atoms with van der Waals surface area (Å²) >= 11 is 12.7. The van der Waals surface area contributed by atoms with Gasteiger partial charge in [0.2, 0.25) is 0 Å². The minimum Gasteiger partial charge on any atom is -0.347 e. The van der Waals surface area contributed by atoms with Crippen molar-refractivity contribution in [1.82, 2.24) is 10.3 Å². The molecule has 0 aliphatic heterocycles. The highest BCUT2D eigenvalue weighted by atomic mass is 35.5. The molecule has 1 aromatic heterocycles. The van der Waals surface area contributed by atoms with Gasteiger partial charge in [-0.15, -0.1) is 11.3 Å². The molecule has 0 saturated carbocycles. The van der Waals surface area contributed by atoms with Crippen LogP contribution in [0.4, 0.5) is 0 Å². The smallest absolute Gasteiger partial charge is 0.264 e. The number of aromatic nitrogens is 1. The molecule has 6 heteroatoms. The second kappa shape index (κ2) is 5.49. The molecular weight excluding hydrogens is 279 g/mol. The number of thiazole rings is 1. The maximum atomic E-state index is 11.7. The fraction of sp³-hybridized carbons (Fsp3) is 0.0909. The number of hydrogen-bond donors (Lipinski definition) is 1. The Morgan fingerprint density at radius 3 is 2.59 bits per heavy atom. The van der Waals surface area contributed by atoms with Gasteiger partial charge in [-0.25, -0.2) is 4.98 Å². The van der Waals surface area contributed by atoms with Crippen LogP contribution >= 0.6 is 34.5 Å². The van der Waals surface area contributed by atoms with Gasteiger partial charge in [0.05, 0.1) is 5.51 Å². The van der Waals surface area contributed by atoms with Crippen molar-refractivity contribution in [1.29, 1.82) is 0 Å². The summed E-state index contributed by atoms with van der Waals surface area (Å²) in [6.07, 6.45) is 0. The largest absolute Gasteiger partial charge is 0.347 e. The minimum absolute atomic E-state index is 0.215. The van der Waals surface area contributed by atoms with Crippen LogP contribution in [0, 0.1) is 0 Å². The number of rotatable bonds is 3. The molecule has 0 atom stereocenters. The molecule has 1 N–H and O–H groups in total. The van der Waals surface area contributed by atoms with Gasteiger partial charge in [-0.2, -0.15) is 0 Å². The van der Waals surface area contributed by atoms with E-state index < -0.39 is 0 Å². The highest BCUT2D eigenvalue weighted by Gasteiger charge is 2.12. The molecule has 17 heavy (non-hydrogen) atoms. The predicted molar refractivity (Wildman–Crippen MR) is 69.7 cm³/mol. The van der Waals surface area contributed by atoms with E-state index in [1.807, 2.05) is 12.1 Å². The minimum atomic E-state index is -0.215. The first-order chi connectivity index (χ1) is 8.16. The highest BCUT2D eigenvalue weighted by molar-refractivity contribution is 7.12. The summed E-state index contributed by atoms with van der Waals surface area (Å²) < 4.78 is 0. The topological polar surface area (TPSA) is 42.0 Å². The number of carbonyl (C=O) groups is 1. The maximum absolute atomic E-state index is 11.7. The third kappa shape index (κ3) is 3.19. The second-order valence-electron chi connectivity index (χ2n) is 3.28. The van der Waals surface area contributed by atoms with Crippen LogP contribution < -0.4 is 5.32 Å². The number of benzene rings is 1. The van der Waals surface area contributed by atoms with Gasteiger partial charge in [0, 0.05) is 11.6 Å². The van der Waals surface area contributed by atoms with E-state index in [9.17, 15) is 4.79 Å². The third-order valence-electron chi connectivity index (χ3n) is 2.10. The zero-order valence-electron chi connectivity index (χ0n) is 8.61. The first kappa shape index (κ1) is 12.4. The van der Waals surface area contributed by atoms with E-state index in [0.29, 0.717) is 16.4 Å². The molecule has 0 bridgehead atoms. The fourth-order valence-electron chi connectivity index (χ4n) is 1.24. The molecule has 0 radical (unpaired) electrons. The Labute approximate surface area is 112 Å². The Kier molecular flexibility index (Phi) is 3.99. The van der Waals surface area contributed by atoms with Crippen molar-refractivity contribution in [3.63, 3.8) is 0 Å². The van der Waals surface area contributed by atoms with Gasteiger partial charge in [0.1, 0.15) is 4.88 Å². The van der Waals surface area contributed by atoms with E-state index in [2.05, 4.69) is 10.3 Å². The number of carbonyl (C=O) groups excluding carboxylic acids is 1. The summed E-state index contributed by atoms with van der Waals surface area (Å²) in [4.78, 5) is 16.0. The molecule has 0 fully saturated rings. The van der Waals surface area contributed by atoms with Crippen LogP contribution in [0.3, 0.4) is 0 Å². The molecule has 1 aromatic carbocycles. The lowest BCUT2D eigenvalue weighted by molar-refractivity contribution is 0.0955. The predicted octanol–water partition coefficient (Wildman–Crippen LogP) is 3.38. The number of nitrogens with one attached hydrogen (secondary N) is 1. The van der Waals surface area contributed by atoms with E-state index in [1.165, 1.54) is 11.3 Å². The van der Waals surface area contributed by atoms with Gasteiger partial charge < -0.3 is 5.32 Å². The van der Waals surface area contributed by atoms with Gasteiger partial charge in [-0.1, -0.05) is 35.3 Å². The van der Waals surface area contributed by atoms with Crippen molar-refractivity contribution >= 4 is 40.4 Å². The highest BCUT2D eigenvalue weighted by Crippen LogP contribution is 2.18. The molecule has 0 aliphatic rings. The van der Waals surface area contributed by atoms with Gasteiger partial charge in [0.25, 0.3) is 5.91 Å². The molecular formula is C11H8Cl2N2OS. The van der Waals surface area contributed by atoms with Gasteiger partial charge >= 0.3 is 0 Å². The second-order valence-corrected chi connectivity index (χ2v) is 4.93. The Morgan fingerprint density at radius 2 is 2.00 bits per heavy atom. The van der Waals surface area contributed by atoms with Crippen molar-refractivity contribution in [2.24, 2.45) is 0 Å². The summed E-state index contributed by atoms with van der Waals surface area (Å²) in [5, 5.41) is 3.68. The van der Waals surface area contributed by atoms with E-state index in [4.69, 9.17) is 23.2 Å². The molecule has 1 amide bonds. The van der Waals surface area contributed by atoms with Crippen LogP contribution in [0.15, 0.2) is 29.8 Å². The van der Waals surface area contributed by atoms with Crippen molar-refractivity contribution in [3.8, 4) is 0 Å². The zero-order valence-corrected chi connectivity index (χ0v) is 10.9. The fourth-order valence-corrected chi connectivity index (χ4v) is 2.29. The number of nitrogens with zero attached hydrogens (tertiary/aromatic N) is 1.